The number of allylic oxidation sites excluding steroid dienone is 3. The summed E-state index contributed by atoms with van der Waals surface area (Å²) in [6.45, 7) is 13.0. The molecule has 1 aromatic rings. The minimum atomic E-state index is -0.355. The SMILES string of the molecule is C=C/C(F)=c1/c(C2CCOCC2)cc(N2CCOCC2C)n/c1=C(C)\C(=C\C#CC)NC. The Hall–Kier alpha value is -2.62. The summed E-state index contributed by atoms with van der Waals surface area (Å²) in [4.78, 5) is 7.27. The topological polar surface area (TPSA) is 46.6 Å². The number of rotatable bonds is 5. The lowest BCUT2D eigenvalue weighted by atomic mass is 9.89. The van der Waals surface area contributed by atoms with Crippen molar-refractivity contribution in [2.75, 3.05) is 44.9 Å². The molecule has 5 nitrogen and oxygen atoms in total. The molecule has 0 amide bonds. The molecule has 1 N–H and O–H groups in total. The van der Waals surface area contributed by atoms with Crippen LogP contribution in [0.4, 0.5) is 10.2 Å². The van der Waals surface area contributed by atoms with Gasteiger partial charge < -0.3 is 19.7 Å². The van der Waals surface area contributed by atoms with Crippen molar-refractivity contribution in [3.8, 4) is 11.8 Å². The number of ether oxygens (including phenoxy) is 2. The Kier molecular flexibility index (Phi) is 8.49. The third-order valence-corrected chi connectivity index (χ3v) is 6.17. The Morgan fingerprint density at radius 1 is 1.31 bits per heavy atom. The Labute approximate surface area is 190 Å². The fourth-order valence-electron chi connectivity index (χ4n) is 4.36. The smallest absolute Gasteiger partial charge is 0.132 e. The maximum absolute atomic E-state index is 15.4. The van der Waals surface area contributed by atoms with Crippen LogP contribution in [0, 0.1) is 11.8 Å². The highest BCUT2D eigenvalue weighted by atomic mass is 19.1. The van der Waals surface area contributed by atoms with Crippen LogP contribution in [-0.2, 0) is 9.47 Å². The van der Waals surface area contributed by atoms with Gasteiger partial charge in [0.2, 0.25) is 0 Å². The molecule has 6 heteroatoms. The van der Waals surface area contributed by atoms with E-state index >= 15 is 4.39 Å². The molecule has 32 heavy (non-hydrogen) atoms. The number of nitrogens with one attached hydrogen (secondary N) is 1. The van der Waals surface area contributed by atoms with Crippen LogP contribution >= 0.6 is 0 Å². The molecule has 172 valence electrons. The van der Waals surface area contributed by atoms with Crippen molar-refractivity contribution in [3.05, 3.63) is 46.6 Å². The highest BCUT2D eigenvalue weighted by molar-refractivity contribution is 5.65. The summed E-state index contributed by atoms with van der Waals surface area (Å²) in [5.74, 6) is 6.58. The second-order valence-electron chi connectivity index (χ2n) is 8.18. The summed E-state index contributed by atoms with van der Waals surface area (Å²) in [6.07, 6.45) is 4.80. The van der Waals surface area contributed by atoms with E-state index in [4.69, 9.17) is 14.5 Å². The van der Waals surface area contributed by atoms with E-state index in [1.54, 1.807) is 6.92 Å². The number of morpholine rings is 1. The van der Waals surface area contributed by atoms with E-state index < -0.39 is 0 Å². The Balaban J connectivity index is 2.38. The normalized spacial score (nSPS) is 22.0. The van der Waals surface area contributed by atoms with Crippen LogP contribution in [0.5, 0.6) is 0 Å². The minimum Gasteiger partial charge on any atom is -0.387 e. The van der Waals surface area contributed by atoms with Gasteiger partial charge in [-0.05, 0) is 62.8 Å². The first-order valence-corrected chi connectivity index (χ1v) is 11.3. The Morgan fingerprint density at radius 2 is 2.06 bits per heavy atom. The summed E-state index contributed by atoms with van der Waals surface area (Å²) < 4.78 is 26.6. The van der Waals surface area contributed by atoms with Gasteiger partial charge in [0.25, 0.3) is 0 Å². The van der Waals surface area contributed by atoms with E-state index in [0.29, 0.717) is 37.0 Å². The summed E-state index contributed by atoms with van der Waals surface area (Å²) in [5, 5.41) is 4.35. The number of hydrogen-bond acceptors (Lipinski definition) is 5. The molecule has 1 atom stereocenters. The molecule has 3 heterocycles. The zero-order valence-electron chi connectivity index (χ0n) is 19.6. The van der Waals surface area contributed by atoms with Crippen molar-refractivity contribution in [3.63, 3.8) is 0 Å². The molecule has 0 spiro atoms. The van der Waals surface area contributed by atoms with Crippen LogP contribution < -0.4 is 20.8 Å². The monoisotopic (exact) mass is 439 g/mol. The maximum atomic E-state index is 15.4. The number of aromatic nitrogens is 1. The first-order valence-electron chi connectivity index (χ1n) is 11.3. The third kappa shape index (κ3) is 5.23. The van der Waals surface area contributed by atoms with Crippen LogP contribution in [0.1, 0.15) is 45.1 Å². The fraction of sp³-hybridized carbons (Fsp3) is 0.500. The lowest BCUT2D eigenvalue weighted by molar-refractivity contribution is 0.0850. The molecule has 2 saturated heterocycles. The molecule has 0 saturated carbocycles. The lowest BCUT2D eigenvalue weighted by Gasteiger charge is -2.35. The Morgan fingerprint density at radius 3 is 2.69 bits per heavy atom. The quantitative estimate of drug-likeness (QED) is 0.715. The fourth-order valence-corrected chi connectivity index (χ4v) is 4.36. The second-order valence-corrected chi connectivity index (χ2v) is 8.18. The summed E-state index contributed by atoms with van der Waals surface area (Å²) in [6, 6.07) is 2.26. The van der Waals surface area contributed by atoms with Crippen molar-refractivity contribution in [2.45, 2.75) is 45.6 Å². The average Bonchev–Trinajstić information content (AvgIpc) is 2.84. The van der Waals surface area contributed by atoms with E-state index in [1.165, 1.54) is 6.08 Å². The number of hydrogen-bond donors (Lipinski definition) is 1. The number of halogens is 1. The molecule has 2 aliphatic rings. The van der Waals surface area contributed by atoms with Crippen molar-refractivity contribution >= 4 is 17.2 Å². The van der Waals surface area contributed by atoms with Gasteiger partial charge in [0, 0.05) is 43.8 Å². The standard InChI is InChI=1S/C26H34FN3O2/c1-6-8-9-23(28-5)19(4)26-25(22(27)7-2)21(20-10-13-31-14-11-20)16-24(29-26)30-12-15-32-17-18(30)3/h7,9,16,18,20,28H,2,10-15,17H2,1,3-5H3/b23-9-,25-22+,26-19-. The van der Waals surface area contributed by atoms with Gasteiger partial charge in [0.1, 0.15) is 11.6 Å². The van der Waals surface area contributed by atoms with Gasteiger partial charge in [-0.1, -0.05) is 12.5 Å². The van der Waals surface area contributed by atoms with Crippen molar-refractivity contribution in [2.24, 2.45) is 0 Å². The van der Waals surface area contributed by atoms with Crippen LogP contribution in [0.3, 0.4) is 0 Å². The molecule has 0 aliphatic carbocycles. The molecule has 0 bridgehead atoms. The highest BCUT2D eigenvalue weighted by Gasteiger charge is 2.25. The molecule has 1 aromatic heterocycles. The van der Waals surface area contributed by atoms with E-state index in [9.17, 15) is 0 Å². The van der Waals surface area contributed by atoms with Crippen LogP contribution in [0.15, 0.2) is 30.5 Å². The van der Waals surface area contributed by atoms with Gasteiger partial charge in [0.05, 0.1) is 24.6 Å². The molecule has 1 unspecified atom stereocenters. The number of anilines is 1. The van der Waals surface area contributed by atoms with E-state index in [-0.39, 0.29) is 17.8 Å². The summed E-state index contributed by atoms with van der Waals surface area (Å²) in [5.41, 5.74) is 2.63. The van der Waals surface area contributed by atoms with Gasteiger partial charge in [-0.25, -0.2) is 9.37 Å². The van der Waals surface area contributed by atoms with Crippen molar-refractivity contribution in [1.82, 2.24) is 10.3 Å². The molecule has 3 rings (SSSR count). The molecular weight excluding hydrogens is 405 g/mol. The van der Waals surface area contributed by atoms with E-state index in [1.807, 2.05) is 20.0 Å². The predicted octanol–water partition coefficient (Wildman–Crippen LogP) is 2.76. The van der Waals surface area contributed by atoms with Crippen LogP contribution in [0.25, 0.3) is 11.4 Å². The zero-order chi connectivity index (χ0) is 23.1. The molecular formula is C26H34FN3O2. The molecule has 0 radical (unpaired) electrons. The van der Waals surface area contributed by atoms with E-state index in [2.05, 4.69) is 41.6 Å². The predicted molar refractivity (Wildman–Crippen MR) is 128 cm³/mol. The van der Waals surface area contributed by atoms with Crippen LogP contribution in [-0.4, -0.2) is 51.0 Å². The highest BCUT2D eigenvalue weighted by Crippen LogP contribution is 2.27. The second kappa shape index (κ2) is 11.3. The summed E-state index contributed by atoms with van der Waals surface area (Å²) >= 11 is 0. The maximum Gasteiger partial charge on any atom is 0.132 e. The molecule has 0 aromatic carbocycles. The van der Waals surface area contributed by atoms with Gasteiger partial charge in [-0.3, -0.25) is 0 Å². The largest absolute Gasteiger partial charge is 0.387 e. The van der Waals surface area contributed by atoms with Gasteiger partial charge in [-0.15, -0.1) is 5.92 Å². The number of nitrogens with zero attached hydrogens (tertiary/aromatic N) is 2. The number of pyridine rings is 1. The Bertz CT molecular complexity index is 1050. The average molecular weight is 440 g/mol. The van der Waals surface area contributed by atoms with Gasteiger partial charge in [-0.2, -0.15) is 0 Å². The van der Waals surface area contributed by atoms with Crippen LogP contribution in [0.2, 0.25) is 0 Å². The summed E-state index contributed by atoms with van der Waals surface area (Å²) in [7, 11) is 1.84. The first kappa shape index (κ1) is 24.0. The van der Waals surface area contributed by atoms with Crippen molar-refractivity contribution < 1.29 is 13.9 Å². The molecule has 2 fully saturated rings. The van der Waals surface area contributed by atoms with Gasteiger partial charge in [0.15, 0.2) is 0 Å². The van der Waals surface area contributed by atoms with Gasteiger partial charge >= 0.3 is 0 Å². The zero-order valence-corrected chi connectivity index (χ0v) is 19.6. The molecule has 2 aliphatic heterocycles. The van der Waals surface area contributed by atoms with E-state index in [0.717, 1.165) is 42.0 Å². The van der Waals surface area contributed by atoms with Crippen molar-refractivity contribution in [1.29, 1.82) is 0 Å². The minimum absolute atomic E-state index is 0.191. The lowest BCUT2D eigenvalue weighted by Crippen LogP contribution is -2.46. The third-order valence-electron chi connectivity index (χ3n) is 6.17. The first-order chi connectivity index (χ1) is 15.5.